The van der Waals surface area contributed by atoms with Crippen LogP contribution in [0.15, 0.2) is 35.1 Å². The second-order valence-corrected chi connectivity index (χ2v) is 4.56. The second kappa shape index (κ2) is 5.01. The lowest BCUT2D eigenvalue weighted by molar-refractivity contribution is -0.137. The minimum absolute atomic E-state index is 0.0399. The van der Waals surface area contributed by atoms with Crippen LogP contribution in [0.1, 0.15) is 11.1 Å². The van der Waals surface area contributed by atoms with Gasteiger partial charge >= 0.3 is 6.18 Å². The Bertz CT molecular complexity index is 523. The van der Waals surface area contributed by atoms with Crippen LogP contribution in [0.5, 0.6) is 0 Å². The number of aromatic amines is 1. The van der Waals surface area contributed by atoms with E-state index in [1.165, 1.54) is 12.1 Å². The van der Waals surface area contributed by atoms with Crippen LogP contribution in [-0.2, 0) is 12.7 Å². The summed E-state index contributed by atoms with van der Waals surface area (Å²) in [6.45, 7) is 0.274. The molecule has 2 aromatic rings. The van der Waals surface area contributed by atoms with Crippen molar-refractivity contribution in [1.29, 1.82) is 0 Å². The molecule has 0 bridgehead atoms. The third kappa shape index (κ3) is 3.04. The molecule has 0 saturated heterocycles. The maximum atomic E-state index is 12.8. The van der Waals surface area contributed by atoms with Crippen molar-refractivity contribution in [2.45, 2.75) is 12.7 Å². The van der Waals surface area contributed by atoms with Gasteiger partial charge in [-0.2, -0.15) is 18.3 Å². The standard InChI is InChI=1S/C11H9BrF3N3/c12-8-1-2-9(11(13,14)15)10(3-8)16-4-7-5-17-18-6-7/h1-3,5-6,16H,4H2,(H,17,18). The first kappa shape index (κ1) is 12.9. The van der Waals surface area contributed by atoms with E-state index in [9.17, 15) is 13.2 Å². The lowest BCUT2D eigenvalue weighted by Crippen LogP contribution is -2.10. The van der Waals surface area contributed by atoms with Crippen LogP contribution in [0, 0.1) is 0 Å². The monoisotopic (exact) mass is 319 g/mol. The molecule has 0 radical (unpaired) electrons. The molecule has 0 saturated carbocycles. The Labute approximate surface area is 110 Å². The summed E-state index contributed by atoms with van der Waals surface area (Å²) in [5.41, 5.74) is 0.135. The number of rotatable bonds is 3. The zero-order chi connectivity index (χ0) is 13.2. The Morgan fingerprint density at radius 1 is 1.33 bits per heavy atom. The predicted octanol–water partition coefficient (Wildman–Crippen LogP) is 3.80. The number of H-pyrrole nitrogens is 1. The van der Waals surface area contributed by atoms with Gasteiger partial charge in [0.2, 0.25) is 0 Å². The first-order valence-electron chi connectivity index (χ1n) is 5.05. The highest BCUT2D eigenvalue weighted by Crippen LogP contribution is 2.36. The van der Waals surface area contributed by atoms with Crippen LogP contribution < -0.4 is 5.32 Å². The molecule has 2 rings (SSSR count). The van der Waals surface area contributed by atoms with E-state index in [0.717, 1.165) is 11.6 Å². The number of hydrogen-bond acceptors (Lipinski definition) is 2. The Morgan fingerprint density at radius 2 is 2.11 bits per heavy atom. The third-order valence-electron chi connectivity index (χ3n) is 2.32. The summed E-state index contributed by atoms with van der Waals surface area (Å²) in [4.78, 5) is 0. The van der Waals surface area contributed by atoms with Crippen molar-refractivity contribution in [2.75, 3.05) is 5.32 Å². The van der Waals surface area contributed by atoms with Gasteiger partial charge in [0, 0.05) is 28.5 Å². The molecule has 0 aliphatic heterocycles. The van der Waals surface area contributed by atoms with Crippen LogP contribution in [0.4, 0.5) is 18.9 Å². The molecule has 7 heteroatoms. The van der Waals surface area contributed by atoms with Gasteiger partial charge in [0.25, 0.3) is 0 Å². The molecule has 3 nitrogen and oxygen atoms in total. The van der Waals surface area contributed by atoms with Gasteiger partial charge < -0.3 is 5.32 Å². The van der Waals surface area contributed by atoms with E-state index in [1.807, 2.05) is 0 Å². The van der Waals surface area contributed by atoms with Gasteiger partial charge in [-0.15, -0.1) is 0 Å². The van der Waals surface area contributed by atoms with Crippen molar-refractivity contribution in [3.05, 3.63) is 46.2 Å². The fraction of sp³-hybridized carbons (Fsp3) is 0.182. The highest BCUT2D eigenvalue weighted by Gasteiger charge is 2.33. The van der Waals surface area contributed by atoms with Crippen LogP contribution in [-0.4, -0.2) is 10.2 Å². The molecule has 0 unspecified atom stereocenters. The van der Waals surface area contributed by atoms with Gasteiger partial charge in [0.1, 0.15) is 0 Å². The van der Waals surface area contributed by atoms with Gasteiger partial charge in [0.15, 0.2) is 0 Å². The Balaban J connectivity index is 2.23. The van der Waals surface area contributed by atoms with Crippen molar-refractivity contribution < 1.29 is 13.2 Å². The van der Waals surface area contributed by atoms with E-state index in [2.05, 4.69) is 31.4 Å². The molecule has 1 heterocycles. The Morgan fingerprint density at radius 3 is 2.72 bits per heavy atom. The van der Waals surface area contributed by atoms with Gasteiger partial charge in [-0.3, -0.25) is 5.10 Å². The Hall–Kier alpha value is -1.50. The highest BCUT2D eigenvalue weighted by molar-refractivity contribution is 9.10. The van der Waals surface area contributed by atoms with Gasteiger partial charge in [-0.25, -0.2) is 0 Å². The average molecular weight is 320 g/mol. The number of hydrogen-bond donors (Lipinski definition) is 2. The molecule has 18 heavy (non-hydrogen) atoms. The maximum absolute atomic E-state index is 12.8. The molecular formula is C11H9BrF3N3. The van der Waals surface area contributed by atoms with Crippen molar-refractivity contribution in [2.24, 2.45) is 0 Å². The van der Waals surface area contributed by atoms with Gasteiger partial charge in [0.05, 0.1) is 11.8 Å². The lowest BCUT2D eigenvalue weighted by Gasteiger charge is -2.14. The summed E-state index contributed by atoms with van der Waals surface area (Å²) in [6, 6.07) is 3.82. The topological polar surface area (TPSA) is 40.7 Å². The normalized spacial score (nSPS) is 11.6. The summed E-state index contributed by atoms with van der Waals surface area (Å²) >= 11 is 3.16. The molecule has 96 valence electrons. The van der Waals surface area contributed by atoms with E-state index < -0.39 is 11.7 Å². The molecule has 0 amide bonds. The van der Waals surface area contributed by atoms with Crippen LogP contribution in [0.2, 0.25) is 0 Å². The van der Waals surface area contributed by atoms with E-state index >= 15 is 0 Å². The van der Waals surface area contributed by atoms with E-state index in [1.54, 1.807) is 12.4 Å². The van der Waals surface area contributed by atoms with Crippen molar-refractivity contribution >= 4 is 21.6 Å². The zero-order valence-corrected chi connectivity index (χ0v) is 10.6. The molecule has 1 aromatic heterocycles. The van der Waals surface area contributed by atoms with Crippen molar-refractivity contribution in [1.82, 2.24) is 10.2 Å². The molecule has 0 fully saturated rings. The van der Waals surface area contributed by atoms with Crippen LogP contribution in [0.3, 0.4) is 0 Å². The number of aromatic nitrogens is 2. The number of anilines is 1. The molecule has 1 aromatic carbocycles. The molecular weight excluding hydrogens is 311 g/mol. The molecule has 2 N–H and O–H groups in total. The molecule has 0 aliphatic rings. The zero-order valence-electron chi connectivity index (χ0n) is 9.05. The molecule has 0 aliphatic carbocycles. The minimum atomic E-state index is -4.38. The van der Waals surface area contributed by atoms with Gasteiger partial charge in [-0.05, 0) is 18.2 Å². The fourth-order valence-electron chi connectivity index (χ4n) is 1.48. The Kier molecular flexibility index (Phi) is 3.60. The summed E-state index contributed by atoms with van der Waals surface area (Å²) in [5, 5.41) is 9.08. The fourth-order valence-corrected chi connectivity index (χ4v) is 1.84. The minimum Gasteiger partial charge on any atom is -0.380 e. The van der Waals surface area contributed by atoms with E-state index in [4.69, 9.17) is 0 Å². The number of nitrogens with one attached hydrogen (secondary N) is 2. The largest absolute Gasteiger partial charge is 0.418 e. The summed E-state index contributed by atoms with van der Waals surface area (Å²) < 4.78 is 38.9. The number of alkyl halides is 3. The van der Waals surface area contributed by atoms with Crippen molar-refractivity contribution in [3.8, 4) is 0 Å². The molecule has 0 atom stereocenters. The highest BCUT2D eigenvalue weighted by atomic mass is 79.9. The second-order valence-electron chi connectivity index (χ2n) is 3.65. The summed E-state index contributed by atoms with van der Waals surface area (Å²) in [5.74, 6) is 0. The number of nitrogens with zero attached hydrogens (tertiary/aromatic N) is 1. The SMILES string of the molecule is FC(F)(F)c1ccc(Br)cc1NCc1cn[nH]c1. The van der Waals surface area contributed by atoms with Crippen LogP contribution in [0.25, 0.3) is 0 Å². The van der Waals surface area contributed by atoms with Gasteiger partial charge in [-0.1, -0.05) is 15.9 Å². The average Bonchev–Trinajstić information content (AvgIpc) is 2.77. The smallest absolute Gasteiger partial charge is 0.380 e. The predicted molar refractivity (Wildman–Crippen MR) is 65.1 cm³/mol. The third-order valence-corrected chi connectivity index (χ3v) is 2.82. The first-order chi connectivity index (χ1) is 8.47. The van der Waals surface area contributed by atoms with Crippen LogP contribution >= 0.6 is 15.9 Å². The van der Waals surface area contributed by atoms with E-state index in [-0.39, 0.29) is 12.2 Å². The maximum Gasteiger partial charge on any atom is 0.418 e. The number of benzene rings is 1. The summed E-state index contributed by atoms with van der Waals surface area (Å²) in [6.07, 6.45) is -1.20. The first-order valence-corrected chi connectivity index (χ1v) is 5.84. The number of halogens is 4. The quantitative estimate of drug-likeness (QED) is 0.903. The summed E-state index contributed by atoms with van der Waals surface area (Å²) in [7, 11) is 0. The van der Waals surface area contributed by atoms with E-state index in [0.29, 0.717) is 4.47 Å². The van der Waals surface area contributed by atoms with Crippen molar-refractivity contribution in [3.63, 3.8) is 0 Å². The lowest BCUT2D eigenvalue weighted by atomic mass is 10.1. The molecule has 0 spiro atoms.